The van der Waals surface area contributed by atoms with Crippen LogP contribution in [-0.2, 0) is 30.0 Å². The summed E-state index contributed by atoms with van der Waals surface area (Å²) in [7, 11) is -2.70. The number of aliphatic hydroxyl groups excluding tert-OH is 1. The van der Waals surface area contributed by atoms with Gasteiger partial charge >= 0.3 is 5.69 Å². The van der Waals surface area contributed by atoms with Crippen molar-refractivity contribution in [2.45, 2.75) is 44.2 Å². The first-order valence-corrected chi connectivity index (χ1v) is 12.7. The van der Waals surface area contributed by atoms with E-state index in [-0.39, 0.29) is 35.7 Å². The maximum Gasteiger partial charge on any atom is 0.331 e. The van der Waals surface area contributed by atoms with Gasteiger partial charge in [-0.15, -0.1) is 11.3 Å². The van der Waals surface area contributed by atoms with Crippen LogP contribution in [-0.4, -0.2) is 51.1 Å². The molecular formula is C21H26N4O5S2. The van der Waals surface area contributed by atoms with Crippen molar-refractivity contribution in [3.8, 4) is 0 Å². The Labute approximate surface area is 189 Å². The molecule has 0 aromatic carbocycles. The number of aliphatic hydroxyl groups is 1. The fourth-order valence-electron chi connectivity index (χ4n) is 4.01. The molecule has 1 fully saturated rings. The minimum Gasteiger partial charge on any atom is -0.392 e. The van der Waals surface area contributed by atoms with Gasteiger partial charge in [0, 0.05) is 50.4 Å². The lowest BCUT2D eigenvalue weighted by Gasteiger charge is -2.17. The summed E-state index contributed by atoms with van der Waals surface area (Å²) < 4.78 is 31.1. The van der Waals surface area contributed by atoms with Crippen LogP contribution in [0.4, 0.5) is 0 Å². The number of hydrogen-bond acceptors (Lipinski definition) is 7. The summed E-state index contributed by atoms with van der Waals surface area (Å²) >= 11 is 1.16. The van der Waals surface area contributed by atoms with E-state index < -0.39 is 27.4 Å². The van der Waals surface area contributed by atoms with Crippen LogP contribution >= 0.6 is 11.3 Å². The van der Waals surface area contributed by atoms with Crippen molar-refractivity contribution in [1.29, 1.82) is 0 Å². The molecule has 1 N–H and O–H groups in total. The lowest BCUT2D eigenvalue weighted by atomic mass is 10.2. The van der Waals surface area contributed by atoms with Gasteiger partial charge < -0.3 is 5.11 Å². The fraction of sp³-hybridized carbons (Fsp3) is 0.476. The summed E-state index contributed by atoms with van der Waals surface area (Å²) in [6.45, 7) is 4.43. The van der Waals surface area contributed by atoms with Gasteiger partial charge in [-0.1, -0.05) is 19.9 Å². The molecule has 1 aliphatic heterocycles. The summed E-state index contributed by atoms with van der Waals surface area (Å²) in [6, 6.07) is 3.61. The third-order valence-corrected chi connectivity index (χ3v) is 8.87. The van der Waals surface area contributed by atoms with Gasteiger partial charge in [-0.3, -0.25) is 18.9 Å². The molecule has 4 heterocycles. The molecule has 0 bridgehead atoms. The molecule has 172 valence electrons. The molecule has 3 aromatic rings. The Balaban J connectivity index is 2.05. The number of β-amino-alcohol motifs (C(OH)–C–C–N with tert-alkyl or cyclic N) is 1. The van der Waals surface area contributed by atoms with Crippen LogP contribution in [0.25, 0.3) is 10.2 Å². The number of pyridine rings is 1. The lowest BCUT2D eigenvalue weighted by Crippen LogP contribution is -2.39. The second-order valence-electron chi connectivity index (χ2n) is 8.53. The lowest BCUT2D eigenvalue weighted by molar-refractivity contribution is 0.189. The summed E-state index contributed by atoms with van der Waals surface area (Å²) in [5, 5.41) is 9.97. The second-order valence-corrected chi connectivity index (χ2v) is 11.5. The van der Waals surface area contributed by atoms with Crippen molar-refractivity contribution in [2.24, 2.45) is 13.0 Å². The molecule has 32 heavy (non-hydrogen) atoms. The summed E-state index contributed by atoms with van der Waals surface area (Å²) in [5.41, 5.74) is -0.297. The van der Waals surface area contributed by atoms with E-state index in [0.29, 0.717) is 22.7 Å². The Bertz CT molecular complexity index is 1370. The smallest absolute Gasteiger partial charge is 0.331 e. The molecule has 1 saturated heterocycles. The van der Waals surface area contributed by atoms with Crippen molar-refractivity contribution in [2.75, 3.05) is 13.1 Å². The van der Waals surface area contributed by atoms with Crippen LogP contribution in [0.15, 0.2) is 39.0 Å². The molecule has 0 aliphatic carbocycles. The molecule has 0 amide bonds. The molecule has 1 aliphatic rings. The number of rotatable bonds is 6. The van der Waals surface area contributed by atoms with Gasteiger partial charge in [-0.25, -0.2) is 13.2 Å². The first-order valence-electron chi connectivity index (χ1n) is 10.4. The molecule has 0 saturated carbocycles. The Morgan fingerprint density at radius 1 is 1.31 bits per heavy atom. The Morgan fingerprint density at radius 3 is 2.66 bits per heavy atom. The predicted molar refractivity (Wildman–Crippen MR) is 123 cm³/mol. The first-order chi connectivity index (χ1) is 15.1. The normalized spacial score (nSPS) is 17.6. The van der Waals surface area contributed by atoms with Crippen LogP contribution in [0.3, 0.4) is 0 Å². The van der Waals surface area contributed by atoms with Crippen LogP contribution in [0.5, 0.6) is 0 Å². The van der Waals surface area contributed by atoms with Crippen LogP contribution in [0, 0.1) is 5.92 Å². The number of aromatic nitrogens is 3. The van der Waals surface area contributed by atoms with Gasteiger partial charge in [-0.2, -0.15) is 4.31 Å². The third kappa shape index (κ3) is 3.94. The monoisotopic (exact) mass is 478 g/mol. The van der Waals surface area contributed by atoms with Gasteiger partial charge in [0.05, 0.1) is 11.5 Å². The molecule has 0 radical (unpaired) electrons. The number of fused-ring (bicyclic) bond motifs is 1. The number of hydrogen-bond donors (Lipinski definition) is 1. The van der Waals surface area contributed by atoms with E-state index in [1.165, 1.54) is 15.9 Å². The minimum atomic E-state index is -4.07. The van der Waals surface area contributed by atoms with Crippen LogP contribution in [0.1, 0.15) is 30.7 Å². The van der Waals surface area contributed by atoms with E-state index in [1.807, 2.05) is 19.9 Å². The van der Waals surface area contributed by atoms with Gasteiger partial charge in [0.25, 0.3) is 5.56 Å². The van der Waals surface area contributed by atoms with Gasteiger partial charge in [-0.05, 0) is 24.0 Å². The minimum absolute atomic E-state index is 0.0159. The zero-order valence-electron chi connectivity index (χ0n) is 18.2. The average molecular weight is 479 g/mol. The molecule has 4 rings (SSSR count). The molecule has 9 nitrogen and oxygen atoms in total. The maximum atomic E-state index is 13.7. The summed E-state index contributed by atoms with van der Waals surface area (Å²) in [5.74, 6) is 0.117. The standard InChI is InChI=1S/C21H26N4O5S2/c1-13(2)11-25-20-17(19(27)23(3)21(25)28)18(32(29,30)24-8-6-15(26)12-24)16(31-20)9-14-5-4-7-22-10-14/h4-5,7,10,13,15,26H,6,8-9,11-12H2,1-3H3/t15-/m1/s1. The van der Waals surface area contributed by atoms with Crippen molar-refractivity contribution in [3.63, 3.8) is 0 Å². The van der Waals surface area contributed by atoms with Gasteiger partial charge in [0.1, 0.15) is 9.73 Å². The van der Waals surface area contributed by atoms with E-state index in [2.05, 4.69) is 4.98 Å². The van der Waals surface area contributed by atoms with Crippen molar-refractivity contribution >= 4 is 31.6 Å². The summed E-state index contributed by atoms with van der Waals surface area (Å²) in [6.07, 6.45) is 3.15. The maximum absolute atomic E-state index is 13.7. The van der Waals surface area contributed by atoms with Crippen LogP contribution < -0.4 is 11.2 Å². The highest BCUT2D eigenvalue weighted by molar-refractivity contribution is 7.89. The summed E-state index contributed by atoms with van der Waals surface area (Å²) in [4.78, 5) is 31.0. The number of thiophene rings is 1. The predicted octanol–water partition coefficient (Wildman–Crippen LogP) is 1.16. The second kappa shape index (κ2) is 8.54. The molecular weight excluding hydrogens is 452 g/mol. The molecule has 0 spiro atoms. The van der Waals surface area contributed by atoms with E-state index in [9.17, 15) is 23.1 Å². The molecule has 1 atom stereocenters. The van der Waals surface area contributed by atoms with E-state index in [4.69, 9.17) is 0 Å². The highest BCUT2D eigenvalue weighted by Crippen LogP contribution is 2.36. The van der Waals surface area contributed by atoms with Crippen molar-refractivity contribution in [3.05, 3.63) is 55.8 Å². The zero-order chi connectivity index (χ0) is 23.2. The quantitative estimate of drug-likeness (QED) is 0.569. The average Bonchev–Trinajstić information content (AvgIpc) is 3.35. The van der Waals surface area contributed by atoms with E-state index >= 15 is 0 Å². The molecule has 11 heteroatoms. The first kappa shape index (κ1) is 22.8. The van der Waals surface area contributed by atoms with E-state index in [0.717, 1.165) is 21.5 Å². The van der Waals surface area contributed by atoms with Gasteiger partial charge in [0.2, 0.25) is 10.0 Å². The zero-order valence-corrected chi connectivity index (χ0v) is 19.8. The highest BCUT2D eigenvalue weighted by Gasteiger charge is 2.37. The van der Waals surface area contributed by atoms with Gasteiger partial charge in [0.15, 0.2) is 0 Å². The molecule has 0 unspecified atom stereocenters. The largest absolute Gasteiger partial charge is 0.392 e. The topological polar surface area (TPSA) is 114 Å². The Hall–Kier alpha value is -2.34. The van der Waals surface area contributed by atoms with Crippen LogP contribution in [0.2, 0.25) is 0 Å². The Kier molecular flexibility index (Phi) is 6.10. The molecule has 3 aromatic heterocycles. The van der Waals surface area contributed by atoms with E-state index in [1.54, 1.807) is 18.5 Å². The third-order valence-electron chi connectivity index (χ3n) is 5.55. The number of nitrogens with zero attached hydrogens (tertiary/aromatic N) is 4. The fourth-order valence-corrected chi connectivity index (χ4v) is 7.51. The van der Waals surface area contributed by atoms with Crippen molar-refractivity contribution < 1.29 is 13.5 Å². The SMILES string of the molecule is CC(C)Cn1c(=O)n(C)c(=O)c2c(S(=O)(=O)N3CC[C@@H](O)C3)c(Cc3cccnc3)sc21. The highest BCUT2D eigenvalue weighted by atomic mass is 32.2. The van der Waals surface area contributed by atoms with Crippen molar-refractivity contribution in [1.82, 2.24) is 18.4 Å². The number of sulfonamides is 1. The Morgan fingerprint density at radius 2 is 2.06 bits per heavy atom.